The van der Waals surface area contributed by atoms with Crippen LogP contribution in [-0.4, -0.2) is 24.1 Å². The third-order valence-electron chi connectivity index (χ3n) is 2.64. The van der Waals surface area contributed by atoms with Crippen molar-refractivity contribution in [2.24, 2.45) is 0 Å². The maximum absolute atomic E-state index is 5.19. The first kappa shape index (κ1) is 13.0. The highest BCUT2D eigenvalue weighted by Crippen LogP contribution is 2.23. The molecular weight excluding hydrogens is 294 g/mol. The van der Waals surface area contributed by atoms with Gasteiger partial charge in [-0.25, -0.2) is 0 Å². The van der Waals surface area contributed by atoms with E-state index in [1.54, 1.807) is 19.5 Å². The fourth-order valence-corrected chi connectivity index (χ4v) is 1.98. The van der Waals surface area contributed by atoms with Crippen molar-refractivity contribution in [1.29, 1.82) is 0 Å². The van der Waals surface area contributed by atoms with Gasteiger partial charge in [-0.2, -0.15) is 0 Å². The van der Waals surface area contributed by atoms with Gasteiger partial charge in [0.15, 0.2) is 0 Å². The van der Waals surface area contributed by atoms with E-state index >= 15 is 0 Å². The van der Waals surface area contributed by atoms with Gasteiger partial charge >= 0.3 is 0 Å². The van der Waals surface area contributed by atoms with Crippen LogP contribution in [0.4, 0.5) is 0 Å². The third kappa shape index (κ3) is 2.86. The third-order valence-corrected chi connectivity index (χ3v) is 3.11. The first-order valence-corrected chi connectivity index (χ1v) is 6.31. The lowest BCUT2D eigenvalue weighted by Crippen LogP contribution is -2.19. The summed E-state index contributed by atoms with van der Waals surface area (Å²) in [5, 5.41) is 3.23. The highest BCUT2D eigenvalue weighted by molar-refractivity contribution is 9.10. The van der Waals surface area contributed by atoms with Crippen LogP contribution in [-0.2, 0) is 0 Å². The topological polar surface area (TPSA) is 47.0 Å². The first-order chi connectivity index (χ1) is 8.74. The number of methoxy groups -OCH3 is 1. The van der Waals surface area contributed by atoms with Crippen LogP contribution in [0.1, 0.15) is 17.3 Å². The minimum atomic E-state index is 0.000648. The fraction of sp³-hybridized carbons (Fsp3) is 0.231. The van der Waals surface area contributed by atoms with Crippen LogP contribution in [0.15, 0.2) is 41.3 Å². The minimum Gasteiger partial charge on any atom is -0.495 e. The van der Waals surface area contributed by atoms with E-state index in [-0.39, 0.29) is 6.04 Å². The van der Waals surface area contributed by atoms with Crippen LogP contribution in [0.2, 0.25) is 0 Å². The molecule has 0 radical (unpaired) electrons. The number of hydrogen-bond donors (Lipinski definition) is 1. The van der Waals surface area contributed by atoms with Gasteiger partial charge in [0.2, 0.25) is 0 Å². The van der Waals surface area contributed by atoms with Gasteiger partial charge in [0, 0.05) is 16.9 Å². The molecule has 1 N–H and O–H groups in total. The van der Waals surface area contributed by atoms with Gasteiger partial charge in [-0.1, -0.05) is 0 Å². The van der Waals surface area contributed by atoms with Crippen LogP contribution in [0, 0.1) is 0 Å². The Morgan fingerprint density at radius 3 is 2.72 bits per heavy atom. The molecule has 94 valence electrons. The monoisotopic (exact) mass is 307 g/mol. The maximum Gasteiger partial charge on any atom is 0.137 e. The summed E-state index contributed by atoms with van der Waals surface area (Å²) in [7, 11) is 3.53. The van der Waals surface area contributed by atoms with E-state index in [9.17, 15) is 0 Å². The van der Waals surface area contributed by atoms with Crippen molar-refractivity contribution in [1.82, 2.24) is 15.3 Å². The molecule has 0 aromatic carbocycles. The molecule has 2 heterocycles. The number of hydrogen-bond acceptors (Lipinski definition) is 4. The largest absolute Gasteiger partial charge is 0.495 e. The molecule has 18 heavy (non-hydrogen) atoms. The van der Waals surface area contributed by atoms with E-state index in [0.29, 0.717) is 0 Å². The Labute approximate surface area is 115 Å². The summed E-state index contributed by atoms with van der Waals surface area (Å²) in [5.74, 6) is 0.741. The molecule has 2 rings (SSSR count). The Bertz CT molecular complexity index is 516. The summed E-state index contributed by atoms with van der Waals surface area (Å²) in [4.78, 5) is 8.57. The zero-order chi connectivity index (χ0) is 13.0. The lowest BCUT2D eigenvalue weighted by Gasteiger charge is -2.16. The van der Waals surface area contributed by atoms with E-state index in [2.05, 4.69) is 31.2 Å². The van der Waals surface area contributed by atoms with Gasteiger partial charge in [-0.05, 0) is 46.7 Å². The van der Waals surface area contributed by atoms with Crippen LogP contribution in [0.3, 0.4) is 0 Å². The molecular formula is C13H14BrN3O. The number of rotatable bonds is 4. The van der Waals surface area contributed by atoms with Gasteiger partial charge < -0.3 is 10.1 Å². The second kappa shape index (κ2) is 5.93. The Hall–Kier alpha value is -1.46. The maximum atomic E-state index is 5.19. The molecule has 2 aromatic rings. The molecule has 2 aromatic heterocycles. The summed E-state index contributed by atoms with van der Waals surface area (Å²) in [6.07, 6.45) is 5.28. The highest BCUT2D eigenvalue weighted by atomic mass is 79.9. The Kier molecular flexibility index (Phi) is 4.28. The fourth-order valence-electron chi connectivity index (χ4n) is 1.75. The zero-order valence-corrected chi connectivity index (χ0v) is 11.8. The number of halogens is 1. The average molecular weight is 308 g/mol. The van der Waals surface area contributed by atoms with Gasteiger partial charge in [0.1, 0.15) is 5.75 Å². The predicted molar refractivity (Wildman–Crippen MR) is 73.6 cm³/mol. The lowest BCUT2D eigenvalue weighted by atomic mass is 10.1. The molecule has 0 fully saturated rings. The van der Waals surface area contributed by atoms with Crippen molar-refractivity contribution < 1.29 is 4.74 Å². The molecule has 0 aliphatic rings. The minimum absolute atomic E-state index is 0.000648. The molecule has 1 unspecified atom stereocenters. The van der Waals surface area contributed by atoms with E-state index in [4.69, 9.17) is 4.74 Å². The molecule has 0 saturated carbocycles. The summed E-state index contributed by atoms with van der Waals surface area (Å²) < 4.78 is 6.15. The number of nitrogens with one attached hydrogen (secondary N) is 1. The average Bonchev–Trinajstić information content (AvgIpc) is 2.42. The van der Waals surface area contributed by atoms with Gasteiger partial charge in [-0.3, -0.25) is 9.97 Å². The van der Waals surface area contributed by atoms with E-state index in [0.717, 1.165) is 21.5 Å². The van der Waals surface area contributed by atoms with Crippen LogP contribution >= 0.6 is 15.9 Å². The van der Waals surface area contributed by atoms with Gasteiger partial charge in [0.05, 0.1) is 25.0 Å². The molecule has 0 amide bonds. The molecule has 1 atom stereocenters. The molecule has 0 saturated heterocycles. The first-order valence-electron chi connectivity index (χ1n) is 5.52. The standard InChI is InChI=1S/C13H14BrN3O/c1-15-13(12-4-3-10(14)7-17-12)9-5-11(18-2)8-16-6-9/h3-8,13,15H,1-2H3. The molecule has 0 bridgehead atoms. The van der Waals surface area contributed by atoms with E-state index in [1.807, 2.05) is 31.4 Å². The van der Waals surface area contributed by atoms with Crippen molar-refractivity contribution >= 4 is 15.9 Å². The lowest BCUT2D eigenvalue weighted by molar-refractivity contribution is 0.411. The smallest absolute Gasteiger partial charge is 0.137 e. The molecule has 0 aliphatic heterocycles. The second-order valence-electron chi connectivity index (χ2n) is 3.78. The van der Waals surface area contributed by atoms with Crippen LogP contribution < -0.4 is 10.1 Å². The number of nitrogens with zero attached hydrogens (tertiary/aromatic N) is 2. The number of aromatic nitrogens is 2. The normalized spacial score (nSPS) is 12.2. The zero-order valence-electron chi connectivity index (χ0n) is 10.2. The SMILES string of the molecule is CNC(c1cncc(OC)c1)c1ccc(Br)cn1. The molecule has 0 aliphatic carbocycles. The molecule has 5 heteroatoms. The summed E-state index contributed by atoms with van der Waals surface area (Å²) in [6, 6.07) is 5.91. The Morgan fingerprint density at radius 2 is 2.11 bits per heavy atom. The van der Waals surface area contributed by atoms with Crippen molar-refractivity contribution in [3.8, 4) is 5.75 Å². The number of ether oxygens (including phenoxy) is 1. The number of pyridine rings is 2. The van der Waals surface area contributed by atoms with Crippen LogP contribution in [0.5, 0.6) is 5.75 Å². The van der Waals surface area contributed by atoms with Gasteiger partial charge in [-0.15, -0.1) is 0 Å². The van der Waals surface area contributed by atoms with Crippen molar-refractivity contribution in [2.45, 2.75) is 6.04 Å². The Morgan fingerprint density at radius 1 is 1.28 bits per heavy atom. The van der Waals surface area contributed by atoms with Crippen molar-refractivity contribution in [3.05, 3.63) is 52.5 Å². The van der Waals surface area contributed by atoms with Crippen LogP contribution in [0.25, 0.3) is 0 Å². The molecule has 4 nitrogen and oxygen atoms in total. The quantitative estimate of drug-likeness (QED) is 0.943. The predicted octanol–water partition coefficient (Wildman–Crippen LogP) is 2.56. The highest BCUT2D eigenvalue weighted by Gasteiger charge is 2.14. The molecule has 0 spiro atoms. The second-order valence-corrected chi connectivity index (χ2v) is 4.70. The van der Waals surface area contributed by atoms with Crippen molar-refractivity contribution in [2.75, 3.05) is 14.2 Å². The van der Waals surface area contributed by atoms with E-state index in [1.165, 1.54) is 0 Å². The summed E-state index contributed by atoms with van der Waals surface area (Å²) >= 11 is 3.38. The summed E-state index contributed by atoms with van der Waals surface area (Å²) in [6.45, 7) is 0. The van der Waals surface area contributed by atoms with E-state index < -0.39 is 0 Å². The summed E-state index contributed by atoms with van der Waals surface area (Å²) in [5.41, 5.74) is 1.96. The van der Waals surface area contributed by atoms with Crippen molar-refractivity contribution in [3.63, 3.8) is 0 Å². The van der Waals surface area contributed by atoms with Gasteiger partial charge in [0.25, 0.3) is 0 Å². The Balaban J connectivity index is 2.35.